The minimum Gasteiger partial charge on any atom is -0.449 e. The number of aromatic nitrogens is 2. The van der Waals surface area contributed by atoms with E-state index in [1.165, 1.54) is 0 Å². The molecule has 0 bridgehead atoms. The van der Waals surface area contributed by atoms with Crippen molar-refractivity contribution in [3.05, 3.63) is 38.9 Å². The Morgan fingerprint density at radius 2 is 2.14 bits per heavy atom. The van der Waals surface area contributed by atoms with Crippen LogP contribution in [-0.2, 0) is 4.74 Å². The molecule has 0 saturated carbocycles. The number of halogens is 1. The van der Waals surface area contributed by atoms with E-state index in [0.29, 0.717) is 42.5 Å². The van der Waals surface area contributed by atoms with E-state index in [2.05, 4.69) is 20.9 Å². The van der Waals surface area contributed by atoms with E-state index in [9.17, 15) is 9.59 Å². The third kappa shape index (κ3) is 3.65. The standard InChI is InChI=1S/C20H22BrN3O4/c1-11(2)10-27-20(26)24-7-5-12(6-8-24)18-22-16-14-9-13(21)3-4-15(14)28-17(16)19(25)23-18/h3-4,9,11-12H,5-8,10H2,1-2H3,(H,22,23,25). The van der Waals surface area contributed by atoms with Gasteiger partial charge in [0, 0.05) is 28.9 Å². The van der Waals surface area contributed by atoms with Crippen LogP contribution in [0.2, 0.25) is 0 Å². The molecule has 3 aromatic rings. The third-order valence-electron chi connectivity index (χ3n) is 4.98. The van der Waals surface area contributed by atoms with Crippen molar-refractivity contribution in [2.45, 2.75) is 32.6 Å². The highest BCUT2D eigenvalue weighted by molar-refractivity contribution is 9.10. The van der Waals surface area contributed by atoms with E-state index >= 15 is 0 Å². The van der Waals surface area contributed by atoms with Crippen molar-refractivity contribution in [2.75, 3.05) is 19.7 Å². The number of H-pyrrole nitrogens is 1. The minimum atomic E-state index is -0.272. The van der Waals surface area contributed by atoms with E-state index in [0.717, 1.165) is 22.7 Å². The Hall–Kier alpha value is -2.35. The Bertz CT molecular complexity index is 1080. The molecule has 1 aliphatic heterocycles. The van der Waals surface area contributed by atoms with Crippen molar-refractivity contribution in [2.24, 2.45) is 5.92 Å². The second-order valence-corrected chi connectivity index (χ2v) is 8.52. The molecule has 0 unspecified atom stereocenters. The highest BCUT2D eigenvalue weighted by Crippen LogP contribution is 2.30. The topological polar surface area (TPSA) is 88.4 Å². The van der Waals surface area contributed by atoms with Crippen molar-refractivity contribution >= 4 is 44.1 Å². The zero-order valence-electron chi connectivity index (χ0n) is 15.8. The second-order valence-electron chi connectivity index (χ2n) is 7.60. The van der Waals surface area contributed by atoms with Gasteiger partial charge in [0.25, 0.3) is 5.56 Å². The maximum absolute atomic E-state index is 12.5. The van der Waals surface area contributed by atoms with Gasteiger partial charge in [0.15, 0.2) is 0 Å². The summed E-state index contributed by atoms with van der Waals surface area (Å²) in [7, 11) is 0. The first kappa shape index (κ1) is 19.0. The van der Waals surface area contributed by atoms with Crippen molar-refractivity contribution in [1.29, 1.82) is 0 Å². The van der Waals surface area contributed by atoms with Crippen molar-refractivity contribution in [3.63, 3.8) is 0 Å². The number of carbonyl (C=O) groups excluding carboxylic acids is 1. The van der Waals surface area contributed by atoms with E-state index in [1.54, 1.807) is 4.90 Å². The number of furan rings is 1. The van der Waals surface area contributed by atoms with E-state index in [-0.39, 0.29) is 23.2 Å². The number of rotatable bonds is 3. The van der Waals surface area contributed by atoms with Crippen LogP contribution in [-0.4, -0.2) is 40.7 Å². The van der Waals surface area contributed by atoms with Gasteiger partial charge in [0.1, 0.15) is 16.9 Å². The van der Waals surface area contributed by atoms with Crippen LogP contribution in [0.5, 0.6) is 0 Å². The zero-order valence-corrected chi connectivity index (χ0v) is 17.4. The van der Waals surface area contributed by atoms with Crippen LogP contribution in [0.3, 0.4) is 0 Å². The summed E-state index contributed by atoms with van der Waals surface area (Å²) < 4.78 is 11.9. The Kier molecular flexibility index (Phi) is 5.14. The molecule has 0 spiro atoms. The van der Waals surface area contributed by atoms with Gasteiger partial charge in [-0.2, -0.15) is 0 Å². The molecule has 7 nitrogen and oxygen atoms in total. The van der Waals surface area contributed by atoms with Crippen molar-refractivity contribution < 1.29 is 13.9 Å². The summed E-state index contributed by atoms with van der Waals surface area (Å²) in [6, 6.07) is 5.60. The summed E-state index contributed by atoms with van der Waals surface area (Å²) in [4.78, 5) is 34.0. The highest BCUT2D eigenvalue weighted by atomic mass is 79.9. The lowest BCUT2D eigenvalue weighted by molar-refractivity contribution is 0.0830. The van der Waals surface area contributed by atoms with Gasteiger partial charge in [-0.25, -0.2) is 9.78 Å². The molecule has 1 fully saturated rings. The summed E-state index contributed by atoms with van der Waals surface area (Å²) >= 11 is 3.45. The lowest BCUT2D eigenvalue weighted by Crippen LogP contribution is -2.39. The normalized spacial score (nSPS) is 15.6. The predicted molar refractivity (Wildman–Crippen MR) is 110 cm³/mol. The van der Waals surface area contributed by atoms with Crippen LogP contribution >= 0.6 is 15.9 Å². The number of amides is 1. The highest BCUT2D eigenvalue weighted by Gasteiger charge is 2.27. The molecule has 1 amide bonds. The van der Waals surface area contributed by atoms with Crippen LogP contribution in [0, 0.1) is 5.92 Å². The number of hydrogen-bond donors (Lipinski definition) is 1. The van der Waals surface area contributed by atoms with Crippen LogP contribution in [0.25, 0.3) is 22.1 Å². The van der Waals surface area contributed by atoms with E-state index in [4.69, 9.17) is 14.1 Å². The monoisotopic (exact) mass is 447 g/mol. The van der Waals surface area contributed by atoms with E-state index < -0.39 is 0 Å². The first-order chi connectivity index (χ1) is 13.4. The molecule has 28 heavy (non-hydrogen) atoms. The van der Waals surface area contributed by atoms with Crippen LogP contribution in [0.1, 0.15) is 38.4 Å². The summed E-state index contributed by atoms with van der Waals surface area (Å²) in [5, 5.41) is 0.812. The lowest BCUT2D eigenvalue weighted by atomic mass is 9.96. The van der Waals surface area contributed by atoms with Gasteiger partial charge in [0.2, 0.25) is 5.58 Å². The number of benzene rings is 1. The molecule has 148 valence electrons. The van der Waals surface area contributed by atoms with Gasteiger partial charge in [0.05, 0.1) is 6.61 Å². The van der Waals surface area contributed by atoms with Crippen LogP contribution in [0.15, 0.2) is 31.9 Å². The lowest BCUT2D eigenvalue weighted by Gasteiger charge is -2.30. The molecular weight excluding hydrogens is 426 g/mol. The smallest absolute Gasteiger partial charge is 0.409 e. The fourth-order valence-corrected chi connectivity index (χ4v) is 3.86. The predicted octanol–water partition coefficient (Wildman–Crippen LogP) is 4.40. The molecule has 0 radical (unpaired) electrons. The molecule has 2 aromatic heterocycles. The maximum atomic E-state index is 12.5. The molecule has 1 N–H and O–H groups in total. The average Bonchev–Trinajstić information content (AvgIpc) is 3.05. The molecule has 8 heteroatoms. The number of nitrogens with zero attached hydrogens (tertiary/aromatic N) is 2. The molecule has 0 atom stereocenters. The Balaban J connectivity index is 1.55. The summed E-state index contributed by atoms with van der Waals surface area (Å²) in [6.07, 6.45) is 1.19. The number of aromatic amines is 1. The van der Waals surface area contributed by atoms with Crippen LogP contribution < -0.4 is 5.56 Å². The molecule has 0 aliphatic carbocycles. The number of carbonyl (C=O) groups is 1. The Labute approximate surface area is 170 Å². The van der Waals surface area contributed by atoms with Gasteiger partial charge in [-0.05, 0) is 37.0 Å². The number of ether oxygens (including phenoxy) is 1. The van der Waals surface area contributed by atoms with Crippen LogP contribution in [0.4, 0.5) is 4.79 Å². The molecular formula is C20H22BrN3O4. The number of likely N-dealkylation sites (tertiary alicyclic amines) is 1. The molecule has 1 saturated heterocycles. The van der Waals surface area contributed by atoms with Gasteiger partial charge in [-0.1, -0.05) is 29.8 Å². The van der Waals surface area contributed by atoms with Crippen molar-refractivity contribution in [3.8, 4) is 0 Å². The molecule has 4 rings (SSSR count). The fourth-order valence-electron chi connectivity index (χ4n) is 3.50. The van der Waals surface area contributed by atoms with Gasteiger partial charge >= 0.3 is 6.09 Å². The number of hydrogen-bond acceptors (Lipinski definition) is 5. The maximum Gasteiger partial charge on any atom is 0.409 e. The SMILES string of the molecule is CC(C)COC(=O)N1CCC(c2nc3c(oc4ccc(Br)cc43)c(=O)[nH]2)CC1. The summed E-state index contributed by atoms with van der Waals surface area (Å²) in [5.41, 5.74) is 1.18. The Morgan fingerprint density at radius 3 is 2.86 bits per heavy atom. The fraction of sp³-hybridized carbons (Fsp3) is 0.450. The Morgan fingerprint density at radius 1 is 1.39 bits per heavy atom. The number of fused-ring (bicyclic) bond motifs is 3. The summed E-state index contributed by atoms with van der Waals surface area (Å²) in [5.74, 6) is 1.05. The van der Waals surface area contributed by atoms with Gasteiger partial charge < -0.3 is 19.0 Å². The number of piperidine rings is 1. The largest absolute Gasteiger partial charge is 0.449 e. The minimum absolute atomic E-state index is 0.0864. The zero-order chi connectivity index (χ0) is 19.8. The molecule has 1 aliphatic rings. The van der Waals surface area contributed by atoms with Gasteiger partial charge in [-0.3, -0.25) is 4.79 Å². The third-order valence-corrected chi connectivity index (χ3v) is 5.48. The first-order valence-electron chi connectivity index (χ1n) is 9.46. The number of nitrogens with one attached hydrogen (secondary N) is 1. The summed E-state index contributed by atoms with van der Waals surface area (Å²) in [6.45, 7) is 5.61. The first-order valence-corrected chi connectivity index (χ1v) is 10.3. The average molecular weight is 448 g/mol. The molecule has 3 heterocycles. The van der Waals surface area contributed by atoms with Crippen molar-refractivity contribution in [1.82, 2.24) is 14.9 Å². The van der Waals surface area contributed by atoms with Gasteiger partial charge in [-0.15, -0.1) is 0 Å². The molecule has 1 aromatic carbocycles. The quantitative estimate of drug-likeness (QED) is 0.642. The van der Waals surface area contributed by atoms with E-state index in [1.807, 2.05) is 32.0 Å². The second kappa shape index (κ2) is 7.58.